The van der Waals surface area contributed by atoms with E-state index in [1.165, 1.54) is 13.3 Å². The fourth-order valence-corrected chi connectivity index (χ4v) is 1.92. The van der Waals surface area contributed by atoms with Crippen LogP contribution in [-0.4, -0.2) is 65.1 Å². The van der Waals surface area contributed by atoms with Crippen molar-refractivity contribution in [3.8, 4) is 0 Å². The topological polar surface area (TPSA) is 78.5 Å². The van der Waals surface area contributed by atoms with Crippen LogP contribution in [0.15, 0.2) is 6.20 Å². The Morgan fingerprint density at radius 3 is 2.39 bits per heavy atom. The maximum atomic E-state index is 12.1. The van der Waals surface area contributed by atoms with Crippen LogP contribution in [0, 0.1) is 6.92 Å². The molecule has 1 N–H and O–H groups in total. The highest BCUT2D eigenvalue weighted by molar-refractivity contribution is 5.92. The van der Waals surface area contributed by atoms with Gasteiger partial charge in [0.2, 0.25) is 0 Å². The lowest BCUT2D eigenvalue weighted by Crippen LogP contribution is -2.50. The van der Waals surface area contributed by atoms with E-state index in [2.05, 4.69) is 14.7 Å². The Hall–Kier alpha value is -2.05. The Morgan fingerprint density at radius 1 is 1.28 bits per heavy atom. The molecule has 1 fully saturated rings. The lowest BCUT2D eigenvalue weighted by atomic mass is 10.3. The number of methoxy groups -OCH3 is 1. The van der Waals surface area contributed by atoms with Crippen molar-refractivity contribution in [3.63, 3.8) is 0 Å². The first-order valence-electron chi connectivity index (χ1n) is 5.75. The summed E-state index contributed by atoms with van der Waals surface area (Å²) in [4.78, 5) is 33.6. The molecular weight excluding hydrogens is 236 g/mol. The molecule has 1 aliphatic heterocycles. The van der Waals surface area contributed by atoms with Crippen molar-refractivity contribution in [2.45, 2.75) is 6.92 Å². The second-order valence-electron chi connectivity index (χ2n) is 4.13. The summed E-state index contributed by atoms with van der Waals surface area (Å²) < 4.78 is 4.64. The molecule has 1 aromatic rings. The minimum atomic E-state index is -0.348. The molecule has 0 radical (unpaired) electrons. The largest absolute Gasteiger partial charge is 0.453 e. The Morgan fingerprint density at radius 2 is 1.89 bits per heavy atom. The van der Waals surface area contributed by atoms with Crippen LogP contribution >= 0.6 is 0 Å². The Labute approximate surface area is 105 Å². The van der Waals surface area contributed by atoms with Crippen LogP contribution in [0.3, 0.4) is 0 Å². The highest BCUT2D eigenvalue weighted by Crippen LogP contribution is 2.08. The van der Waals surface area contributed by atoms with E-state index in [1.54, 1.807) is 16.7 Å². The summed E-state index contributed by atoms with van der Waals surface area (Å²) in [6.45, 7) is 3.79. The fourth-order valence-electron chi connectivity index (χ4n) is 1.92. The number of ether oxygens (including phenoxy) is 1. The summed E-state index contributed by atoms with van der Waals surface area (Å²) in [5.74, 6) is 0.631. The predicted octanol–water partition coefficient (Wildman–Crippen LogP) is 0.242. The second kappa shape index (κ2) is 5.07. The minimum absolute atomic E-state index is 0.0832. The monoisotopic (exact) mass is 252 g/mol. The Balaban J connectivity index is 1.94. The van der Waals surface area contributed by atoms with Gasteiger partial charge in [-0.15, -0.1) is 0 Å². The van der Waals surface area contributed by atoms with Gasteiger partial charge < -0.3 is 19.5 Å². The number of H-pyrrole nitrogens is 1. The SMILES string of the molecule is COC(=O)N1CCN(C(=O)c2cnc(C)[nH]2)CC1. The van der Waals surface area contributed by atoms with Crippen molar-refractivity contribution >= 4 is 12.0 Å². The fraction of sp³-hybridized carbons (Fsp3) is 0.545. The molecular formula is C11H16N4O3. The molecule has 1 aromatic heterocycles. The van der Waals surface area contributed by atoms with Crippen molar-refractivity contribution in [1.82, 2.24) is 19.8 Å². The molecule has 2 rings (SSSR count). The van der Waals surface area contributed by atoms with E-state index in [0.29, 0.717) is 37.7 Å². The summed E-state index contributed by atoms with van der Waals surface area (Å²) in [5.41, 5.74) is 0.485. The van der Waals surface area contributed by atoms with Crippen LogP contribution in [-0.2, 0) is 4.74 Å². The molecule has 1 aliphatic rings. The first kappa shape index (κ1) is 12.4. The first-order valence-corrected chi connectivity index (χ1v) is 5.75. The van der Waals surface area contributed by atoms with Crippen molar-refractivity contribution in [1.29, 1.82) is 0 Å². The van der Waals surface area contributed by atoms with Crippen LogP contribution in [0.2, 0.25) is 0 Å². The standard InChI is InChI=1S/C11H16N4O3/c1-8-12-7-9(13-8)10(16)14-3-5-15(6-4-14)11(17)18-2/h7H,3-6H2,1-2H3,(H,12,13). The molecule has 7 nitrogen and oxygen atoms in total. The number of imidazole rings is 1. The third-order valence-electron chi connectivity index (χ3n) is 2.93. The maximum Gasteiger partial charge on any atom is 0.409 e. The zero-order chi connectivity index (χ0) is 13.1. The van der Waals surface area contributed by atoms with Gasteiger partial charge in [0.15, 0.2) is 0 Å². The van der Waals surface area contributed by atoms with Gasteiger partial charge in [-0.3, -0.25) is 4.79 Å². The van der Waals surface area contributed by atoms with Gasteiger partial charge in [-0.1, -0.05) is 0 Å². The average Bonchev–Trinajstić information content (AvgIpc) is 2.84. The highest BCUT2D eigenvalue weighted by atomic mass is 16.5. The Kier molecular flexibility index (Phi) is 3.50. The van der Waals surface area contributed by atoms with Crippen LogP contribution in [0.1, 0.15) is 16.3 Å². The van der Waals surface area contributed by atoms with Gasteiger partial charge >= 0.3 is 6.09 Å². The van der Waals surface area contributed by atoms with Crippen LogP contribution < -0.4 is 0 Å². The summed E-state index contributed by atoms with van der Waals surface area (Å²) in [6, 6.07) is 0. The van der Waals surface area contributed by atoms with Crippen molar-refractivity contribution in [3.05, 3.63) is 17.7 Å². The zero-order valence-electron chi connectivity index (χ0n) is 10.5. The Bertz CT molecular complexity index is 449. The maximum absolute atomic E-state index is 12.1. The molecule has 2 amide bonds. The number of aromatic nitrogens is 2. The molecule has 98 valence electrons. The number of hydrogen-bond donors (Lipinski definition) is 1. The van der Waals surface area contributed by atoms with Crippen molar-refractivity contribution < 1.29 is 14.3 Å². The first-order chi connectivity index (χ1) is 8.61. The smallest absolute Gasteiger partial charge is 0.409 e. The number of amides is 2. The number of carbonyl (C=O) groups is 2. The lowest BCUT2D eigenvalue weighted by molar-refractivity contribution is 0.0595. The summed E-state index contributed by atoms with van der Waals surface area (Å²) in [7, 11) is 1.35. The average molecular weight is 252 g/mol. The van der Waals surface area contributed by atoms with Crippen molar-refractivity contribution in [2.24, 2.45) is 0 Å². The molecule has 0 spiro atoms. The molecule has 0 aromatic carbocycles. The van der Waals surface area contributed by atoms with E-state index in [1.807, 2.05) is 0 Å². The predicted molar refractivity (Wildman–Crippen MR) is 63.2 cm³/mol. The minimum Gasteiger partial charge on any atom is -0.453 e. The van der Waals surface area contributed by atoms with Crippen LogP contribution in [0.25, 0.3) is 0 Å². The molecule has 0 aliphatic carbocycles. The van der Waals surface area contributed by atoms with Gasteiger partial charge in [0, 0.05) is 26.2 Å². The number of rotatable bonds is 1. The van der Waals surface area contributed by atoms with E-state index >= 15 is 0 Å². The van der Waals surface area contributed by atoms with Gasteiger partial charge in [0.25, 0.3) is 5.91 Å². The van der Waals surface area contributed by atoms with Crippen molar-refractivity contribution in [2.75, 3.05) is 33.3 Å². The number of aryl methyl sites for hydroxylation is 1. The molecule has 0 saturated carbocycles. The normalized spacial score (nSPS) is 15.7. The number of nitrogens with one attached hydrogen (secondary N) is 1. The molecule has 2 heterocycles. The summed E-state index contributed by atoms with van der Waals surface area (Å²) >= 11 is 0. The zero-order valence-corrected chi connectivity index (χ0v) is 10.5. The second-order valence-corrected chi connectivity index (χ2v) is 4.13. The third-order valence-corrected chi connectivity index (χ3v) is 2.93. The van der Waals surface area contributed by atoms with Crippen LogP contribution in [0.5, 0.6) is 0 Å². The molecule has 0 unspecified atom stereocenters. The van der Waals surface area contributed by atoms with E-state index in [0.717, 1.165) is 0 Å². The number of hydrogen-bond acceptors (Lipinski definition) is 4. The highest BCUT2D eigenvalue weighted by Gasteiger charge is 2.25. The molecule has 0 atom stereocenters. The van der Waals surface area contributed by atoms with Gasteiger partial charge in [-0.2, -0.15) is 0 Å². The van der Waals surface area contributed by atoms with Gasteiger partial charge in [0.1, 0.15) is 11.5 Å². The molecule has 18 heavy (non-hydrogen) atoms. The van der Waals surface area contributed by atoms with E-state index in [-0.39, 0.29) is 12.0 Å². The number of aromatic amines is 1. The van der Waals surface area contributed by atoms with E-state index in [9.17, 15) is 9.59 Å². The quantitative estimate of drug-likeness (QED) is 0.776. The van der Waals surface area contributed by atoms with Gasteiger partial charge in [-0.25, -0.2) is 9.78 Å². The molecule has 1 saturated heterocycles. The van der Waals surface area contributed by atoms with E-state index in [4.69, 9.17) is 0 Å². The third kappa shape index (κ3) is 2.44. The summed E-state index contributed by atoms with van der Waals surface area (Å²) in [5, 5.41) is 0. The number of piperazine rings is 1. The van der Waals surface area contributed by atoms with Crippen LogP contribution in [0.4, 0.5) is 4.79 Å². The number of carbonyl (C=O) groups excluding carboxylic acids is 2. The number of nitrogens with zero attached hydrogens (tertiary/aromatic N) is 3. The summed E-state index contributed by atoms with van der Waals surface area (Å²) in [6.07, 6.45) is 1.18. The van der Waals surface area contributed by atoms with Gasteiger partial charge in [0.05, 0.1) is 13.3 Å². The van der Waals surface area contributed by atoms with E-state index < -0.39 is 0 Å². The lowest BCUT2D eigenvalue weighted by Gasteiger charge is -2.33. The molecule has 0 bridgehead atoms. The van der Waals surface area contributed by atoms with Gasteiger partial charge in [-0.05, 0) is 6.92 Å². The molecule has 7 heteroatoms.